The third-order valence-electron chi connectivity index (χ3n) is 5.78. The van der Waals surface area contributed by atoms with Crippen LogP contribution in [0.4, 0.5) is 0 Å². The van der Waals surface area contributed by atoms with Crippen LogP contribution in [0.1, 0.15) is 31.4 Å². The van der Waals surface area contributed by atoms with Crippen molar-refractivity contribution in [3.63, 3.8) is 0 Å². The third-order valence-corrected chi connectivity index (χ3v) is 5.78. The van der Waals surface area contributed by atoms with E-state index in [0.29, 0.717) is 12.0 Å². The minimum Gasteiger partial charge on any atom is -0.391 e. The van der Waals surface area contributed by atoms with Gasteiger partial charge in [0.15, 0.2) is 0 Å². The zero-order valence-corrected chi connectivity index (χ0v) is 15.2. The summed E-state index contributed by atoms with van der Waals surface area (Å²) < 4.78 is 1.98. The van der Waals surface area contributed by atoms with E-state index in [-0.39, 0.29) is 12.1 Å². The van der Waals surface area contributed by atoms with Gasteiger partial charge in [-0.25, -0.2) is 0 Å². The molecule has 6 heteroatoms. The van der Waals surface area contributed by atoms with E-state index in [4.69, 9.17) is 0 Å². The molecule has 3 heterocycles. The van der Waals surface area contributed by atoms with Gasteiger partial charge in [0.2, 0.25) is 0 Å². The second kappa shape index (κ2) is 8.29. The Morgan fingerprint density at radius 2 is 2.00 bits per heavy atom. The Morgan fingerprint density at radius 3 is 2.73 bits per heavy atom. The minimum atomic E-state index is -0.234. The highest BCUT2D eigenvalue weighted by molar-refractivity contribution is 5.03. The summed E-state index contributed by atoms with van der Waals surface area (Å²) >= 11 is 0. The Bertz CT molecular complexity index is 654. The molecule has 26 heavy (non-hydrogen) atoms. The van der Waals surface area contributed by atoms with E-state index in [0.717, 1.165) is 57.6 Å². The second-order valence-electron chi connectivity index (χ2n) is 7.78. The fourth-order valence-electron chi connectivity index (χ4n) is 4.40. The van der Waals surface area contributed by atoms with Gasteiger partial charge in [0.05, 0.1) is 11.8 Å². The van der Waals surface area contributed by atoms with Crippen molar-refractivity contribution in [1.29, 1.82) is 0 Å². The Hall–Kier alpha value is -1.76. The average Bonchev–Trinajstić information content (AvgIpc) is 3.28. The Kier molecular flexibility index (Phi) is 5.62. The maximum Gasteiger partial charge on any atom is 0.0696 e. The molecule has 1 aliphatic carbocycles. The summed E-state index contributed by atoms with van der Waals surface area (Å²) in [6.07, 6.45) is 9.64. The topological polar surface area (TPSA) is 66.2 Å². The molecule has 2 aromatic rings. The molecule has 0 spiro atoms. The first kappa shape index (κ1) is 17.6. The van der Waals surface area contributed by atoms with Crippen molar-refractivity contribution in [2.45, 2.75) is 57.0 Å². The smallest absolute Gasteiger partial charge is 0.0696 e. The monoisotopic (exact) mass is 355 g/mol. The second-order valence-corrected chi connectivity index (χ2v) is 7.78. The van der Waals surface area contributed by atoms with Crippen LogP contribution in [0.2, 0.25) is 0 Å². The van der Waals surface area contributed by atoms with E-state index in [1.54, 1.807) is 0 Å². The summed E-state index contributed by atoms with van der Waals surface area (Å²) in [4.78, 5) is 6.90. The molecule has 0 radical (unpaired) electrons. The molecule has 1 saturated heterocycles. The van der Waals surface area contributed by atoms with Crippen molar-refractivity contribution in [1.82, 2.24) is 25.0 Å². The van der Waals surface area contributed by atoms with E-state index in [1.165, 1.54) is 0 Å². The molecular weight excluding hydrogens is 326 g/mol. The lowest BCUT2D eigenvalue weighted by Gasteiger charge is -2.34. The molecule has 6 nitrogen and oxygen atoms in total. The molecule has 2 aromatic heterocycles. The van der Waals surface area contributed by atoms with Gasteiger partial charge in [0.1, 0.15) is 0 Å². The van der Waals surface area contributed by atoms with E-state index >= 15 is 0 Å². The van der Waals surface area contributed by atoms with Gasteiger partial charge in [-0.3, -0.25) is 14.6 Å². The van der Waals surface area contributed by atoms with E-state index in [9.17, 15) is 5.11 Å². The summed E-state index contributed by atoms with van der Waals surface area (Å²) in [5, 5.41) is 18.5. The summed E-state index contributed by atoms with van der Waals surface area (Å²) in [7, 11) is 0. The third kappa shape index (κ3) is 4.50. The number of hydrogen-bond acceptors (Lipinski definition) is 5. The number of nitrogens with one attached hydrogen (secondary N) is 1. The molecule has 3 atom stereocenters. The first-order valence-electron chi connectivity index (χ1n) is 9.80. The van der Waals surface area contributed by atoms with Crippen LogP contribution in [0, 0.1) is 5.92 Å². The Labute approximate surface area is 155 Å². The van der Waals surface area contributed by atoms with Crippen molar-refractivity contribution in [2.75, 3.05) is 13.1 Å². The Morgan fingerprint density at radius 1 is 1.12 bits per heavy atom. The van der Waals surface area contributed by atoms with Crippen LogP contribution in [0.15, 0.2) is 42.9 Å². The SMILES string of the molecule is O[C@@H]1CC(Cn2cccn2)C[C@H]1NC1CCN(Cc2ccccn2)CC1. The predicted octanol–water partition coefficient (Wildman–Crippen LogP) is 1.67. The number of pyridine rings is 1. The highest BCUT2D eigenvalue weighted by atomic mass is 16.3. The molecule has 0 amide bonds. The van der Waals surface area contributed by atoms with Crippen LogP contribution < -0.4 is 5.32 Å². The first-order chi connectivity index (χ1) is 12.8. The summed E-state index contributed by atoms with van der Waals surface area (Å²) in [5.41, 5.74) is 1.14. The maximum atomic E-state index is 10.5. The molecule has 1 saturated carbocycles. The van der Waals surface area contributed by atoms with Crippen LogP contribution in [0.5, 0.6) is 0 Å². The minimum absolute atomic E-state index is 0.225. The van der Waals surface area contributed by atoms with Gasteiger partial charge in [-0.05, 0) is 49.8 Å². The fraction of sp³-hybridized carbons (Fsp3) is 0.600. The fourth-order valence-corrected chi connectivity index (χ4v) is 4.40. The molecule has 2 aliphatic rings. The zero-order chi connectivity index (χ0) is 17.8. The van der Waals surface area contributed by atoms with Crippen LogP contribution >= 0.6 is 0 Å². The number of nitrogens with zero attached hydrogens (tertiary/aromatic N) is 4. The average molecular weight is 355 g/mol. The van der Waals surface area contributed by atoms with Gasteiger partial charge in [-0.1, -0.05) is 6.07 Å². The molecule has 1 aliphatic heterocycles. The van der Waals surface area contributed by atoms with Crippen LogP contribution in [-0.2, 0) is 13.1 Å². The molecule has 2 N–H and O–H groups in total. The van der Waals surface area contributed by atoms with E-state index in [1.807, 2.05) is 35.4 Å². The number of piperidine rings is 1. The van der Waals surface area contributed by atoms with Crippen molar-refractivity contribution in [2.24, 2.45) is 5.92 Å². The molecule has 140 valence electrons. The Balaban J connectivity index is 1.21. The number of aliphatic hydroxyl groups is 1. The lowest BCUT2D eigenvalue weighted by Crippen LogP contribution is -2.48. The zero-order valence-electron chi connectivity index (χ0n) is 15.2. The largest absolute Gasteiger partial charge is 0.391 e. The molecular formula is C20H29N5O. The normalized spacial score (nSPS) is 27.8. The number of aliphatic hydroxyl groups excluding tert-OH is 1. The van der Waals surface area contributed by atoms with Gasteiger partial charge in [0.25, 0.3) is 0 Å². The van der Waals surface area contributed by atoms with Crippen LogP contribution in [-0.4, -0.2) is 56.0 Å². The lowest BCUT2D eigenvalue weighted by atomic mass is 10.0. The van der Waals surface area contributed by atoms with Gasteiger partial charge < -0.3 is 10.4 Å². The predicted molar refractivity (Wildman–Crippen MR) is 100 cm³/mol. The van der Waals surface area contributed by atoms with Crippen molar-refractivity contribution < 1.29 is 5.11 Å². The van der Waals surface area contributed by atoms with E-state index in [2.05, 4.69) is 32.4 Å². The van der Waals surface area contributed by atoms with Crippen molar-refractivity contribution in [3.8, 4) is 0 Å². The summed E-state index contributed by atoms with van der Waals surface area (Å²) in [6, 6.07) is 8.81. The van der Waals surface area contributed by atoms with Gasteiger partial charge >= 0.3 is 0 Å². The quantitative estimate of drug-likeness (QED) is 0.825. The summed E-state index contributed by atoms with van der Waals surface area (Å²) in [5.74, 6) is 0.506. The number of likely N-dealkylation sites (tertiary alicyclic amines) is 1. The highest BCUT2D eigenvalue weighted by Gasteiger charge is 2.34. The highest BCUT2D eigenvalue weighted by Crippen LogP contribution is 2.28. The van der Waals surface area contributed by atoms with Gasteiger partial charge in [-0.15, -0.1) is 0 Å². The molecule has 2 fully saturated rings. The first-order valence-corrected chi connectivity index (χ1v) is 9.80. The van der Waals surface area contributed by atoms with Gasteiger partial charge in [-0.2, -0.15) is 5.10 Å². The van der Waals surface area contributed by atoms with Crippen LogP contribution in [0.3, 0.4) is 0 Å². The molecule has 0 bridgehead atoms. The number of hydrogen-bond donors (Lipinski definition) is 2. The lowest BCUT2D eigenvalue weighted by molar-refractivity contribution is 0.124. The van der Waals surface area contributed by atoms with Crippen molar-refractivity contribution >= 4 is 0 Å². The molecule has 1 unspecified atom stereocenters. The van der Waals surface area contributed by atoms with Gasteiger partial charge in [0, 0.05) is 56.9 Å². The molecule has 4 rings (SSSR count). The summed E-state index contributed by atoms with van der Waals surface area (Å²) in [6.45, 7) is 4.03. The number of rotatable bonds is 6. The number of aromatic nitrogens is 3. The molecule has 0 aromatic carbocycles. The maximum absolute atomic E-state index is 10.5. The standard InChI is InChI=1S/C20H29N5O/c26-20-13-16(14-25-9-3-8-22-25)12-19(20)23-17-5-10-24(11-6-17)15-18-4-1-2-7-21-18/h1-4,7-9,16-17,19-20,23,26H,5-6,10-15H2/t16?,19-,20-/m1/s1. The van der Waals surface area contributed by atoms with Crippen LogP contribution in [0.25, 0.3) is 0 Å². The van der Waals surface area contributed by atoms with Crippen molar-refractivity contribution in [3.05, 3.63) is 48.5 Å². The van der Waals surface area contributed by atoms with E-state index < -0.39 is 0 Å².